The summed E-state index contributed by atoms with van der Waals surface area (Å²) in [6.07, 6.45) is -9.36. The van der Waals surface area contributed by atoms with E-state index in [0.29, 0.717) is 0 Å². The largest absolute Gasteiger partial charge is 0.408 e. The molecule has 0 fully saturated rings. The molecule has 1 aromatic heterocycles. The van der Waals surface area contributed by atoms with E-state index < -0.39 is 53.5 Å². The molecule has 3 atom stereocenters. The van der Waals surface area contributed by atoms with Crippen molar-refractivity contribution < 1.29 is 35.8 Å². The summed E-state index contributed by atoms with van der Waals surface area (Å²) in [5, 5.41) is 13.7. The van der Waals surface area contributed by atoms with Crippen LogP contribution in [0.2, 0.25) is 0 Å². The highest BCUT2D eigenvalue weighted by atomic mass is 19.4. The van der Waals surface area contributed by atoms with Crippen LogP contribution in [0.25, 0.3) is 5.57 Å². The van der Waals surface area contributed by atoms with Crippen LogP contribution in [0.5, 0.6) is 0 Å². The molecule has 160 valence electrons. The van der Waals surface area contributed by atoms with Crippen molar-refractivity contribution in [1.82, 2.24) is 15.0 Å². The van der Waals surface area contributed by atoms with Gasteiger partial charge < -0.3 is 15.7 Å². The van der Waals surface area contributed by atoms with Gasteiger partial charge in [-0.3, -0.25) is 0 Å². The molecular weight excluding hydrogens is 410 g/mol. The van der Waals surface area contributed by atoms with Gasteiger partial charge >= 0.3 is 12.4 Å². The van der Waals surface area contributed by atoms with Crippen LogP contribution in [0.15, 0.2) is 5.83 Å². The van der Waals surface area contributed by atoms with Gasteiger partial charge in [-0.25, -0.2) is 4.39 Å². The van der Waals surface area contributed by atoms with E-state index in [0.717, 1.165) is 13.8 Å². The standard InChI is InChI=1S/C15H17BF7N5O/c1-6(14(18,19)20)24-11-26-10(8-4-3-5-13(16,29)9(8)17)27-12(28-11)25-7(2)15(21,22)23/h6-7,29H,3-5H2,1-2H3,(H2,24,25,26,27,28)/t6-,7-,13+/m1/s1. The van der Waals surface area contributed by atoms with E-state index in [1.54, 1.807) is 0 Å². The first kappa shape index (κ1) is 23.2. The summed E-state index contributed by atoms with van der Waals surface area (Å²) in [6.45, 7) is 1.49. The zero-order valence-corrected chi connectivity index (χ0v) is 15.3. The smallest absolute Gasteiger partial charge is 0.393 e. The lowest BCUT2D eigenvalue weighted by Crippen LogP contribution is -2.36. The summed E-state index contributed by atoms with van der Waals surface area (Å²) in [4.78, 5) is 10.9. The molecule has 3 N–H and O–H groups in total. The van der Waals surface area contributed by atoms with E-state index in [4.69, 9.17) is 7.85 Å². The number of nitrogens with zero attached hydrogens (tertiary/aromatic N) is 3. The van der Waals surface area contributed by atoms with Crippen LogP contribution < -0.4 is 10.6 Å². The molecule has 1 aromatic rings. The topological polar surface area (TPSA) is 83.0 Å². The molecule has 2 rings (SSSR count). The van der Waals surface area contributed by atoms with Gasteiger partial charge in [-0.15, -0.1) is 0 Å². The second kappa shape index (κ2) is 7.96. The van der Waals surface area contributed by atoms with Crippen LogP contribution in [0.4, 0.5) is 42.6 Å². The number of aromatic nitrogens is 3. The Morgan fingerprint density at radius 2 is 1.41 bits per heavy atom. The van der Waals surface area contributed by atoms with Gasteiger partial charge in [-0.2, -0.15) is 41.3 Å². The van der Waals surface area contributed by atoms with E-state index in [-0.39, 0.29) is 24.8 Å². The molecule has 0 saturated carbocycles. The van der Waals surface area contributed by atoms with E-state index in [1.807, 2.05) is 10.6 Å². The Hall–Kier alpha value is -2.12. The fourth-order valence-corrected chi connectivity index (χ4v) is 2.42. The molecule has 14 heteroatoms. The summed E-state index contributed by atoms with van der Waals surface area (Å²) in [5.74, 6) is -3.18. The third-order valence-corrected chi connectivity index (χ3v) is 4.21. The van der Waals surface area contributed by atoms with Gasteiger partial charge in [0.05, 0.1) is 5.50 Å². The quantitative estimate of drug-likeness (QED) is 0.494. The minimum absolute atomic E-state index is 0.0299. The van der Waals surface area contributed by atoms with Crippen LogP contribution in [0.1, 0.15) is 38.9 Å². The van der Waals surface area contributed by atoms with Crippen LogP contribution in [-0.2, 0) is 0 Å². The lowest BCUT2D eigenvalue weighted by atomic mass is 9.71. The maximum absolute atomic E-state index is 14.5. The number of alkyl halides is 6. The monoisotopic (exact) mass is 427 g/mol. The Kier molecular flexibility index (Phi) is 6.36. The minimum Gasteiger partial charge on any atom is -0.393 e. The van der Waals surface area contributed by atoms with Crippen LogP contribution in [0, 0.1) is 0 Å². The fourth-order valence-electron chi connectivity index (χ4n) is 2.42. The lowest BCUT2D eigenvalue weighted by molar-refractivity contribution is -0.139. The van der Waals surface area contributed by atoms with Gasteiger partial charge in [-0.1, -0.05) is 0 Å². The average molecular weight is 427 g/mol. The SMILES string of the molecule is [B][C@]1(O)CCCC(c2nc(N[C@H](C)C(F)(F)F)nc(N[C@H](C)C(F)(F)F)n2)=C1F. The molecular formula is C15H17BF7N5O. The molecule has 0 aromatic carbocycles. The maximum Gasteiger partial charge on any atom is 0.408 e. The van der Waals surface area contributed by atoms with Gasteiger partial charge in [0.2, 0.25) is 11.9 Å². The minimum atomic E-state index is -4.70. The molecule has 29 heavy (non-hydrogen) atoms. The number of aliphatic hydroxyl groups is 1. The zero-order chi connectivity index (χ0) is 22.2. The molecule has 0 amide bonds. The molecule has 6 nitrogen and oxygen atoms in total. The van der Waals surface area contributed by atoms with Crippen molar-refractivity contribution in [1.29, 1.82) is 0 Å². The maximum atomic E-state index is 14.5. The van der Waals surface area contributed by atoms with Crippen molar-refractivity contribution in [2.75, 3.05) is 10.6 Å². The first-order chi connectivity index (χ1) is 13.1. The third kappa shape index (κ3) is 5.70. The molecule has 1 heterocycles. The molecule has 0 saturated heterocycles. The summed E-state index contributed by atoms with van der Waals surface area (Å²) >= 11 is 0. The van der Waals surface area contributed by atoms with Gasteiger partial charge in [0.25, 0.3) is 0 Å². The van der Waals surface area contributed by atoms with Gasteiger partial charge in [0.15, 0.2) is 5.82 Å². The Labute approximate surface area is 162 Å². The summed E-state index contributed by atoms with van der Waals surface area (Å²) < 4.78 is 91.3. The normalized spacial score (nSPS) is 23.0. The molecule has 1 aliphatic rings. The highest BCUT2D eigenvalue weighted by Crippen LogP contribution is 2.37. The predicted octanol–water partition coefficient (Wildman–Crippen LogP) is 3.32. The number of nitrogens with one attached hydrogen (secondary N) is 2. The first-order valence-corrected chi connectivity index (χ1v) is 8.44. The Bertz CT molecular complexity index is 741. The van der Waals surface area contributed by atoms with E-state index in [1.165, 1.54) is 0 Å². The number of hydrogen-bond donors (Lipinski definition) is 3. The highest BCUT2D eigenvalue weighted by molar-refractivity contribution is 6.17. The summed E-state index contributed by atoms with van der Waals surface area (Å²) in [6, 6.07) is -4.30. The van der Waals surface area contributed by atoms with Crippen molar-refractivity contribution in [2.45, 2.75) is 63.0 Å². The second-order valence-electron chi connectivity index (χ2n) is 6.69. The Morgan fingerprint density at radius 3 is 1.83 bits per heavy atom. The van der Waals surface area contributed by atoms with E-state index in [9.17, 15) is 35.8 Å². The highest BCUT2D eigenvalue weighted by Gasteiger charge is 2.39. The van der Waals surface area contributed by atoms with Gasteiger partial charge in [0, 0.05) is 5.57 Å². The molecule has 1 aliphatic carbocycles. The van der Waals surface area contributed by atoms with Gasteiger partial charge in [-0.05, 0) is 33.1 Å². The van der Waals surface area contributed by atoms with Gasteiger partial charge in [0.1, 0.15) is 25.8 Å². The molecule has 0 unspecified atom stereocenters. The Morgan fingerprint density at radius 1 is 0.966 bits per heavy atom. The van der Waals surface area contributed by atoms with Crippen molar-refractivity contribution in [3.8, 4) is 0 Å². The van der Waals surface area contributed by atoms with Crippen LogP contribution in [-0.4, -0.2) is 57.8 Å². The summed E-state index contributed by atoms with van der Waals surface area (Å²) in [7, 11) is 5.42. The predicted molar refractivity (Wildman–Crippen MR) is 90.7 cm³/mol. The number of allylic oxidation sites excluding steroid dienone is 1. The Balaban J connectivity index is 2.50. The molecule has 2 radical (unpaired) electrons. The number of anilines is 2. The average Bonchev–Trinajstić information content (AvgIpc) is 2.55. The molecule has 0 bridgehead atoms. The van der Waals surface area contributed by atoms with Crippen LogP contribution in [0.3, 0.4) is 0 Å². The van der Waals surface area contributed by atoms with Crippen molar-refractivity contribution in [2.24, 2.45) is 0 Å². The summed E-state index contributed by atoms with van der Waals surface area (Å²) in [5.41, 5.74) is -2.66. The van der Waals surface area contributed by atoms with Crippen molar-refractivity contribution >= 4 is 25.3 Å². The first-order valence-electron chi connectivity index (χ1n) is 8.44. The van der Waals surface area contributed by atoms with E-state index in [2.05, 4.69) is 15.0 Å². The number of rotatable bonds is 5. The molecule has 0 spiro atoms. The number of halogens is 7. The second-order valence-corrected chi connectivity index (χ2v) is 6.69. The van der Waals surface area contributed by atoms with Crippen molar-refractivity contribution in [3.63, 3.8) is 0 Å². The van der Waals surface area contributed by atoms with E-state index >= 15 is 0 Å². The fraction of sp³-hybridized carbons (Fsp3) is 0.667. The zero-order valence-electron chi connectivity index (χ0n) is 15.3. The van der Waals surface area contributed by atoms with Crippen LogP contribution >= 0.6 is 0 Å². The number of hydrogen-bond acceptors (Lipinski definition) is 6. The third-order valence-electron chi connectivity index (χ3n) is 4.21. The lowest BCUT2D eigenvalue weighted by Gasteiger charge is -2.29. The molecule has 0 aliphatic heterocycles. The van der Waals surface area contributed by atoms with Crippen molar-refractivity contribution in [3.05, 3.63) is 11.7 Å².